The van der Waals surface area contributed by atoms with Crippen molar-refractivity contribution in [1.82, 2.24) is 9.99 Å². The second-order valence-corrected chi connectivity index (χ2v) is 8.69. The first kappa shape index (κ1) is 23.3. The van der Waals surface area contributed by atoms with Crippen molar-refractivity contribution >= 4 is 47.1 Å². The Morgan fingerprint density at radius 1 is 1.13 bits per heavy atom. The summed E-state index contributed by atoms with van der Waals surface area (Å²) in [7, 11) is 1.64. The van der Waals surface area contributed by atoms with E-state index >= 15 is 0 Å². The molecule has 3 aromatic rings. The fourth-order valence-electron chi connectivity index (χ4n) is 3.13. The van der Waals surface area contributed by atoms with Crippen LogP contribution in [0.3, 0.4) is 0 Å². The van der Waals surface area contributed by atoms with Gasteiger partial charge in [-0.1, -0.05) is 35.3 Å². The molecular formula is C23H23Cl2N3O2S. The Morgan fingerprint density at radius 3 is 2.55 bits per heavy atom. The van der Waals surface area contributed by atoms with Crippen molar-refractivity contribution in [2.75, 3.05) is 12.9 Å². The molecule has 1 amide bonds. The summed E-state index contributed by atoms with van der Waals surface area (Å²) in [5, 5.41) is 5.13. The molecular weight excluding hydrogens is 453 g/mol. The normalized spacial score (nSPS) is 11.1. The van der Waals surface area contributed by atoms with E-state index < -0.39 is 0 Å². The first-order valence-corrected chi connectivity index (χ1v) is 11.5. The minimum absolute atomic E-state index is 0.145. The highest BCUT2D eigenvalue weighted by Gasteiger charge is 2.11. The third-order valence-electron chi connectivity index (χ3n) is 4.69. The van der Waals surface area contributed by atoms with Crippen LogP contribution in [-0.4, -0.2) is 29.6 Å². The monoisotopic (exact) mass is 475 g/mol. The Morgan fingerprint density at radius 2 is 1.87 bits per heavy atom. The maximum Gasteiger partial charge on any atom is 0.250 e. The number of ether oxygens (including phenoxy) is 1. The first-order valence-electron chi connectivity index (χ1n) is 9.56. The summed E-state index contributed by atoms with van der Waals surface area (Å²) in [5.74, 6) is 1.74. The van der Waals surface area contributed by atoms with Gasteiger partial charge in [-0.05, 0) is 55.8 Å². The molecule has 162 valence electrons. The predicted molar refractivity (Wildman–Crippen MR) is 130 cm³/mol. The number of hydrogen-bond donors (Lipinski definition) is 1. The van der Waals surface area contributed by atoms with E-state index in [2.05, 4.69) is 15.1 Å². The molecule has 8 heteroatoms. The number of hydrazone groups is 1. The van der Waals surface area contributed by atoms with Crippen molar-refractivity contribution in [3.63, 3.8) is 0 Å². The first-order chi connectivity index (χ1) is 14.9. The van der Waals surface area contributed by atoms with Gasteiger partial charge >= 0.3 is 0 Å². The molecule has 0 saturated carbocycles. The van der Waals surface area contributed by atoms with Crippen LogP contribution in [0.5, 0.6) is 5.75 Å². The molecule has 0 saturated heterocycles. The van der Waals surface area contributed by atoms with E-state index in [1.807, 2.05) is 56.3 Å². The Bertz CT molecular complexity index is 1090. The molecule has 31 heavy (non-hydrogen) atoms. The summed E-state index contributed by atoms with van der Waals surface area (Å²) in [4.78, 5) is 12.1. The molecule has 0 unspecified atom stereocenters. The maximum absolute atomic E-state index is 12.1. The molecule has 2 aromatic carbocycles. The van der Waals surface area contributed by atoms with Crippen LogP contribution >= 0.6 is 35.0 Å². The van der Waals surface area contributed by atoms with Crippen LogP contribution in [0.4, 0.5) is 0 Å². The van der Waals surface area contributed by atoms with Crippen LogP contribution in [0.15, 0.2) is 53.6 Å². The van der Waals surface area contributed by atoms with Crippen molar-refractivity contribution in [2.45, 2.75) is 19.6 Å². The van der Waals surface area contributed by atoms with Gasteiger partial charge in [0.2, 0.25) is 5.91 Å². The van der Waals surface area contributed by atoms with Crippen LogP contribution in [0.2, 0.25) is 10.0 Å². The van der Waals surface area contributed by atoms with E-state index in [1.54, 1.807) is 19.4 Å². The van der Waals surface area contributed by atoms with Crippen LogP contribution in [0.25, 0.3) is 5.69 Å². The molecule has 0 atom stereocenters. The predicted octanol–water partition coefficient (Wildman–Crippen LogP) is 5.79. The van der Waals surface area contributed by atoms with E-state index in [0.717, 1.165) is 39.7 Å². The van der Waals surface area contributed by atoms with Crippen molar-refractivity contribution in [2.24, 2.45) is 5.10 Å². The fraction of sp³-hybridized carbons (Fsp3) is 0.217. The maximum atomic E-state index is 12.1. The molecule has 1 aromatic heterocycles. The highest BCUT2D eigenvalue weighted by molar-refractivity contribution is 7.99. The number of methoxy groups -OCH3 is 1. The molecule has 0 fully saturated rings. The molecule has 5 nitrogen and oxygen atoms in total. The molecule has 0 aliphatic carbocycles. The van der Waals surface area contributed by atoms with Gasteiger partial charge in [-0.3, -0.25) is 4.79 Å². The Hall–Kier alpha value is -2.41. The SMILES string of the molecule is COc1ccc(CSCC(=O)N/N=C/c2cc(C)n(-c3ccc(Cl)c(Cl)c3)c2C)cc1. The smallest absolute Gasteiger partial charge is 0.250 e. The Labute approximate surface area is 196 Å². The van der Waals surface area contributed by atoms with Crippen LogP contribution < -0.4 is 10.2 Å². The molecule has 1 N–H and O–H groups in total. The van der Waals surface area contributed by atoms with Gasteiger partial charge in [0.05, 0.1) is 29.1 Å². The number of aryl methyl sites for hydroxylation is 1. The molecule has 0 bridgehead atoms. The average molecular weight is 476 g/mol. The summed E-state index contributed by atoms with van der Waals surface area (Å²) in [6, 6.07) is 15.3. The van der Waals surface area contributed by atoms with Gasteiger partial charge in [0.25, 0.3) is 0 Å². The van der Waals surface area contributed by atoms with E-state index in [4.69, 9.17) is 27.9 Å². The lowest BCUT2D eigenvalue weighted by Crippen LogP contribution is -2.19. The molecule has 1 heterocycles. The van der Waals surface area contributed by atoms with Gasteiger partial charge in [-0.2, -0.15) is 5.10 Å². The second-order valence-electron chi connectivity index (χ2n) is 6.89. The molecule has 0 radical (unpaired) electrons. The third kappa shape index (κ3) is 6.06. The summed E-state index contributed by atoms with van der Waals surface area (Å²) < 4.78 is 7.21. The number of rotatable bonds is 8. The van der Waals surface area contributed by atoms with Gasteiger partial charge in [-0.15, -0.1) is 11.8 Å². The fourth-order valence-corrected chi connectivity index (χ4v) is 4.20. The minimum Gasteiger partial charge on any atom is -0.497 e. The number of hydrogen-bond acceptors (Lipinski definition) is 4. The Balaban J connectivity index is 1.55. The minimum atomic E-state index is -0.145. The number of nitrogens with zero attached hydrogens (tertiary/aromatic N) is 2. The van der Waals surface area contributed by atoms with E-state index in [0.29, 0.717) is 15.8 Å². The third-order valence-corrected chi connectivity index (χ3v) is 6.43. The number of amides is 1. The van der Waals surface area contributed by atoms with Crippen LogP contribution in [0, 0.1) is 13.8 Å². The van der Waals surface area contributed by atoms with E-state index in [9.17, 15) is 4.79 Å². The van der Waals surface area contributed by atoms with Gasteiger partial charge in [-0.25, -0.2) is 5.43 Å². The van der Waals surface area contributed by atoms with Crippen molar-refractivity contribution in [1.29, 1.82) is 0 Å². The topological polar surface area (TPSA) is 55.6 Å². The van der Waals surface area contributed by atoms with Crippen molar-refractivity contribution in [3.05, 3.63) is 81.1 Å². The van der Waals surface area contributed by atoms with Crippen LogP contribution in [0.1, 0.15) is 22.5 Å². The zero-order valence-electron chi connectivity index (χ0n) is 17.5. The number of carbonyl (C=O) groups is 1. The number of benzene rings is 2. The molecule has 0 spiro atoms. The number of thioether (sulfide) groups is 1. The number of aromatic nitrogens is 1. The summed E-state index contributed by atoms with van der Waals surface area (Å²) >= 11 is 13.7. The zero-order valence-corrected chi connectivity index (χ0v) is 19.8. The molecule has 0 aliphatic heterocycles. The number of carbonyl (C=O) groups excluding carboxylic acids is 1. The highest BCUT2D eigenvalue weighted by atomic mass is 35.5. The largest absolute Gasteiger partial charge is 0.497 e. The van der Waals surface area contributed by atoms with Crippen LogP contribution in [-0.2, 0) is 10.5 Å². The lowest BCUT2D eigenvalue weighted by atomic mass is 10.2. The zero-order chi connectivity index (χ0) is 22.4. The summed E-state index contributed by atoms with van der Waals surface area (Å²) in [6.45, 7) is 3.99. The highest BCUT2D eigenvalue weighted by Crippen LogP contribution is 2.27. The van der Waals surface area contributed by atoms with Gasteiger partial charge < -0.3 is 9.30 Å². The van der Waals surface area contributed by atoms with E-state index in [-0.39, 0.29) is 5.91 Å². The van der Waals surface area contributed by atoms with Crippen molar-refractivity contribution in [3.8, 4) is 11.4 Å². The van der Waals surface area contributed by atoms with Crippen molar-refractivity contribution < 1.29 is 9.53 Å². The number of nitrogens with one attached hydrogen (secondary N) is 1. The molecule has 0 aliphatic rings. The summed E-state index contributed by atoms with van der Waals surface area (Å²) in [6.07, 6.45) is 1.66. The second kappa shape index (κ2) is 10.8. The summed E-state index contributed by atoms with van der Waals surface area (Å²) in [5.41, 5.74) is 7.57. The van der Waals surface area contributed by atoms with Gasteiger partial charge in [0, 0.05) is 28.4 Å². The lowest BCUT2D eigenvalue weighted by Gasteiger charge is -2.10. The van der Waals surface area contributed by atoms with E-state index in [1.165, 1.54) is 11.8 Å². The molecule has 3 rings (SSSR count). The number of halogens is 2. The quantitative estimate of drug-likeness (QED) is 0.331. The Kier molecular flexibility index (Phi) is 8.07. The van der Waals surface area contributed by atoms with Gasteiger partial charge in [0.1, 0.15) is 5.75 Å². The average Bonchev–Trinajstić information content (AvgIpc) is 3.04. The standard InChI is InChI=1S/C23H23Cl2N3O2S/c1-15-10-18(16(2)28(15)19-6-9-21(24)22(25)11-19)12-26-27-23(29)14-31-13-17-4-7-20(30-3)8-5-17/h4-12H,13-14H2,1-3H3,(H,27,29)/b26-12+. The van der Waals surface area contributed by atoms with Gasteiger partial charge in [0.15, 0.2) is 0 Å². The lowest BCUT2D eigenvalue weighted by molar-refractivity contribution is -0.118.